The monoisotopic (exact) mass is 272 g/mol. The third-order valence-electron chi connectivity index (χ3n) is 4.68. The number of benzene rings is 1. The smallest absolute Gasteiger partial charge is 0.227 e. The van der Waals surface area contributed by atoms with E-state index in [0.29, 0.717) is 6.04 Å². The van der Waals surface area contributed by atoms with E-state index < -0.39 is 0 Å². The van der Waals surface area contributed by atoms with Gasteiger partial charge in [0.05, 0.1) is 0 Å². The number of nitrogens with one attached hydrogen (secondary N) is 1. The Kier molecular flexibility index (Phi) is 3.79. The Labute approximate surface area is 121 Å². The number of carbonyl (C=O) groups is 1. The van der Waals surface area contributed by atoms with E-state index in [4.69, 9.17) is 0 Å². The molecule has 1 aromatic carbocycles. The lowest BCUT2D eigenvalue weighted by molar-refractivity contribution is -0.119. The van der Waals surface area contributed by atoms with Crippen molar-refractivity contribution in [2.24, 2.45) is 5.92 Å². The molecule has 0 atom stereocenters. The van der Waals surface area contributed by atoms with Gasteiger partial charge in [-0.1, -0.05) is 18.9 Å². The summed E-state index contributed by atoms with van der Waals surface area (Å²) in [5.74, 6) is 0.441. The van der Waals surface area contributed by atoms with Crippen LogP contribution in [0.1, 0.15) is 50.7 Å². The molecule has 0 unspecified atom stereocenters. The molecule has 2 aliphatic rings. The molecule has 108 valence electrons. The van der Waals surface area contributed by atoms with Gasteiger partial charge < -0.3 is 5.32 Å². The fourth-order valence-corrected chi connectivity index (χ4v) is 3.30. The number of rotatable bonds is 3. The van der Waals surface area contributed by atoms with Gasteiger partial charge in [-0.05, 0) is 49.9 Å². The lowest BCUT2D eigenvalue weighted by atomic mass is 10.1. The number of amides is 1. The van der Waals surface area contributed by atoms with Crippen molar-refractivity contribution in [2.45, 2.75) is 58.7 Å². The Morgan fingerprint density at radius 1 is 1.20 bits per heavy atom. The lowest BCUT2D eigenvalue weighted by Crippen LogP contribution is -2.24. The summed E-state index contributed by atoms with van der Waals surface area (Å²) in [4.78, 5) is 14.6. The number of carbonyl (C=O) groups excluding carboxylic acids is 1. The first-order valence-electron chi connectivity index (χ1n) is 7.80. The highest BCUT2D eigenvalue weighted by Crippen LogP contribution is 2.29. The maximum absolute atomic E-state index is 12.2. The summed E-state index contributed by atoms with van der Waals surface area (Å²) in [6, 6.07) is 6.95. The second-order valence-corrected chi connectivity index (χ2v) is 6.45. The van der Waals surface area contributed by atoms with Crippen molar-refractivity contribution in [1.82, 2.24) is 4.90 Å². The number of fused-ring (bicyclic) bond motifs is 1. The predicted molar refractivity (Wildman–Crippen MR) is 81.4 cm³/mol. The maximum atomic E-state index is 12.2. The highest BCUT2D eigenvalue weighted by atomic mass is 16.1. The van der Waals surface area contributed by atoms with Crippen LogP contribution < -0.4 is 5.32 Å². The minimum Gasteiger partial charge on any atom is -0.326 e. The molecule has 1 aromatic rings. The van der Waals surface area contributed by atoms with Crippen molar-refractivity contribution >= 4 is 11.6 Å². The lowest BCUT2D eigenvalue weighted by Gasteiger charge is -2.18. The molecule has 1 amide bonds. The second kappa shape index (κ2) is 5.57. The first-order valence-corrected chi connectivity index (χ1v) is 7.80. The second-order valence-electron chi connectivity index (χ2n) is 6.45. The summed E-state index contributed by atoms with van der Waals surface area (Å²) in [5, 5.41) is 3.10. The van der Waals surface area contributed by atoms with Crippen LogP contribution in [0, 0.1) is 5.92 Å². The molecule has 1 aliphatic heterocycles. The topological polar surface area (TPSA) is 32.3 Å². The van der Waals surface area contributed by atoms with Crippen molar-refractivity contribution < 1.29 is 4.79 Å². The highest BCUT2D eigenvalue weighted by molar-refractivity contribution is 5.92. The van der Waals surface area contributed by atoms with Crippen molar-refractivity contribution in [1.29, 1.82) is 0 Å². The van der Waals surface area contributed by atoms with Crippen LogP contribution in [0.5, 0.6) is 0 Å². The zero-order chi connectivity index (χ0) is 14.1. The van der Waals surface area contributed by atoms with E-state index in [1.165, 1.54) is 24.0 Å². The van der Waals surface area contributed by atoms with Gasteiger partial charge in [-0.2, -0.15) is 0 Å². The Hall–Kier alpha value is -1.35. The van der Waals surface area contributed by atoms with Crippen LogP contribution in [-0.2, 0) is 17.9 Å². The highest BCUT2D eigenvalue weighted by Gasteiger charge is 2.24. The van der Waals surface area contributed by atoms with Crippen LogP contribution in [0.2, 0.25) is 0 Å². The van der Waals surface area contributed by atoms with Gasteiger partial charge >= 0.3 is 0 Å². The standard InChI is InChI=1S/C17H24N2O/c1-12(2)19-10-14-7-8-16(9-15(14)11-19)18-17(20)13-5-3-4-6-13/h7-9,12-13H,3-6,10-11H2,1-2H3,(H,18,20). The molecule has 0 bridgehead atoms. The number of hydrogen-bond acceptors (Lipinski definition) is 2. The third-order valence-corrected chi connectivity index (χ3v) is 4.68. The molecule has 0 saturated heterocycles. The van der Waals surface area contributed by atoms with Gasteiger partial charge in [-0.15, -0.1) is 0 Å². The molecule has 1 aliphatic carbocycles. The van der Waals surface area contributed by atoms with Gasteiger partial charge in [0.15, 0.2) is 0 Å². The molecule has 0 radical (unpaired) electrons. The van der Waals surface area contributed by atoms with Gasteiger partial charge in [-0.25, -0.2) is 0 Å². The molecule has 3 heteroatoms. The van der Waals surface area contributed by atoms with Gasteiger partial charge in [-0.3, -0.25) is 9.69 Å². The molecule has 1 fully saturated rings. The van der Waals surface area contributed by atoms with E-state index >= 15 is 0 Å². The number of anilines is 1. The molecule has 3 rings (SSSR count). The van der Waals surface area contributed by atoms with E-state index in [1.54, 1.807) is 0 Å². The first kappa shape index (κ1) is 13.6. The van der Waals surface area contributed by atoms with Gasteiger partial charge in [0.2, 0.25) is 5.91 Å². The minimum absolute atomic E-state index is 0.209. The van der Waals surface area contributed by atoms with Crippen LogP contribution in [0.15, 0.2) is 18.2 Å². The summed E-state index contributed by atoms with van der Waals surface area (Å²) in [6.07, 6.45) is 4.51. The normalized spacial score (nSPS) is 19.6. The molecule has 0 spiro atoms. The maximum Gasteiger partial charge on any atom is 0.227 e. The van der Waals surface area contributed by atoms with E-state index in [0.717, 1.165) is 31.6 Å². The minimum atomic E-state index is 0.209. The summed E-state index contributed by atoms with van der Waals surface area (Å²) in [6.45, 7) is 6.49. The zero-order valence-electron chi connectivity index (χ0n) is 12.5. The van der Waals surface area contributed by atoms with Crippen LogP contribution in [0.25, 0.3) is 0 Å². The molecule has 1 N–H and O–H groups in total. The van der Waals surface area contributed by atoms with Crippen molar-refractivity contribution in [3.05, 3.63) is 29.3 Å². The molecule has 1 heterocycles. The first-order chi connectivity index (χ1) is 9.63. The molecule has 20 heavy (non-hydrogen) atoms. The number of nitrogens with zero attached hydrogens (tertiary/aromatic N) is 1. The van der Waals surface area contributed by atoms with Gasteiger partial charge in [0.25, 0.3) is 0 Å². The van der Waals surface area contributed by atoms with Gasteiger partial charge in [0, 0.05) is 30.7 Å². The van der Waals surface area contributed by atoms with E-state index in [-0.39, 0.29) is 11.8 Å². The average molecular weight is 272 g/mol. The van der Waals surface area contributed by atoms with E-state index in [1.807, 2.05) is 0 Å². The van der Waals surface area contributed by atoms with Crippen molar-refractivity contribution in [3.8, 4) is 0 Å². The average Bonchev–Trinajstić information content (AvgIpc) is 3.07. The van der Waals surface area contributed by atoms with E-state index in [9.17, 15) is 4.79 Å². The van der Waals surface area contributed by atoms with Crippen LogP contribution in [0.3, 0.4) is 0 Å². The molecule has 3 nitrogen and oxygen atoms in total. The molecule has 1 saturated carbocycles. The molecule has 0 aromatic heterocycles. The fraction of sp³-hybridized carbons (Fsp3) is 0.588. The van der Waals surface area contributed by atoms with Crippen molar-refractivity contribution in [2.75, 3.05) is 5.32 Å². The quantitative estimate of drug-likeness (QED) is 0.912. The Bertz CT molecular complexity index is 504. The third kappa shape index (κ3) is 2.73. The largest absolute Gasteiger partial charge is 0.326 e. The molecular weight excluding hydrogens is 248 g/mol. The fourth-order valence-electron chi connectivity index (χ4n) is 3.30. The molecular formula is C17H24N2O. The van der Waals surface area contributed by atoms with Crippen LogP contribution >= 0.6 is 0 Å². The Morgan fingerprint density at radius 2 is 1.90 bits per heavy atom. The Morgan fingerprint density at radius 3 is 2.60 bits per heavy atom. The van der Waals surface area contributed by atoms with Crippen molar-refractivity contribution in [3.63, 3.8) is 0 Å². The zero-order valence-corrected chi connectivity index (χ0v) is 12.5. The summed E-state index contributed by atoms with van der Waals surface area (Å²) in [5.41, 5.74) is 3.73. The van der Waals surface area contributed by atoms with Crippen LogP contribution in [0.4, 0.5) is 5.69 Å². The van der Waals surface area contributed by atoms with Gasteiger partial charge in [0.1, 0.15) is 0 Å². The summed E-state index contributed by atoms with van der Waals surface area (Å²) < 4.78 is 0. The SMILES string of the molecule is CC(C)N1Cc2ccc(NC(=O)C3CCCC3)cc2C1. The van der Waals surface area contributed by atoms with Crippen LogP contribution in [-0.4, -0.2) is 16.8 Å². The summed E-state index contributed by atoms with van der Waals surface area (Å²) in [7, 11) is 0. The Balaban J connectivity index is 1.68. The predicted octanol–water partition coefficient (Wildman–Crippen LogP) is 3.54. The van der Waals surface area contributed by atoms with E-state index in [2.05, 4.69) is 42.3 Å². The summed E-state index contributed by atoms with van der Waals surface area (Å²) >= 11 is 0. The number of hydrogen-bond donors (Lipinski definition) is 1.